The largest absolute Gasteiger partial charge is 0.488 e. The van der Waals surface area contributed by atoms with E-state index in [1.54, 1.807) is 6.07 Å². The molecule has 0 saturated carbocycles. The lowest BCUT2D eigenvalue weighted by Gasteiger charge is -2.19. The molecular formula is C14H21BFNO2. The Kier molecular flexibility index (Phi) is 4.60. The van der Waals surface area contributed by atoms with E-state index in [0.717, 1.165) is 18.7 Å². The molecule has 1 heterocycles. The van der Waals surface area contributed by atoms with Crippen molar-refractivity contribution in [2.24, 2.45) is 11.8 Å². The van der Waals surface area contributed by atoms with Crippen molar-refractivity contribution < 1.29 is 14.4 Å². The normalized spacial score (nSPS) is 20.2. The Morgan fingerprint density at radius 2 is 2.16 bits per heavy atom. The molecule has 1 aliphatic rings. The molecule has 1 unspecified atom stereocenters. The zero-order chi connectivity index (χ0) is 14.0. The van der Waals surface area contributed by atoms with Gasteiger partial charge in [0.2, 0.25) is 0 Å². The summed E-state index contributed by atoms with van der Waals surface area (Å²) < 4.78 is 13.2. The van der Waals surface area contributed by atoms with Crippen molar-refractivity contribution in [1.82, 2.24) is 4.90 Å². The molecule has 1 aliphatic heterocycles. The highest BCUT2D eigenvalue weighted by molar-refractivity contribution is 6.59. The summed E-state index contributed by atoms with van der Waals surface area (Å²) in [7, 11) is -1.62. The molecule has 1 fully saturated rings. The third-order valence-electron chi connectivity index (χ3n) is 4.03. The fraction of sp³-hybridized carbons (Fsp3) is 0.571. The van der Waals surface area contributed by atoms with Crippen LogP contribution in [0.25, 0.3) is 0 Å². The van der Waals surface area contributed by atoms with E-state index in [9.17, 15) is 14.4 Å². The van der Waals surface area contributed by atoms with Gasteiger partial charge in [-0.3, -0.25) is 4.90 Å². The molecule has 19 heavy (non-hydrogen) atoms. The average molecular weight is 265 g/mol. The highest BCUT2D eigenvalue weighted by Crippen LogP contribution is 2.24. The zero-order valence-corrected chi connectivity index (χ0v) is 11.5. The highest BCUT2D eigenvalue weighted by Gasteiger charge is 2.26. The summed E-state index contributed by atoms with van der Waals surface area (Å²) in [5.74, 6) is 0.928. The van der Waals surface area contributed by atoms with Crippen LogP contribution in [-0.4, -0.2) is 35.2 Å². The minimum absolute atomic E-state index is 0.271. The van der Waals surface area contributed by atoms with Gasteiger partial charge in [-0.2, -0.15) is 0 Å². The number of rotatable bonds is 4. The van der Waals surface area contributed by atoms with Gasteiger partial charge in [0, 0.05) is 13.1 Å². The third kappa shape index (κ3) is 3.56. The molecule has 0 aromatic heterocycles. The number of hydrogen-bond acceptors (Lipinski definition) is 3. The predicted octanol–water partition coefficient (Wildman–Crippen LogP) is 0.983. The Balaban J connectivity index is 2.08. The van der Waals surface area contributed by atoms with Crippen LogP contribution in [0.5, 0.6) is 0 Å². The second kappa shape index (κ2) is 6.03. The Morgan fingerprint density at radius 1 is 1.42 bits per heavy atom. The van der Waals surface area contributed by atoms with Crippen LogP contribution in [0.1, 0.15) is 25.8 Å². The van der Waals surface area contributed by atoms with Gasteiger partial charge in [-0.15, -0.1) is 0 Å². The molecule has 0 radical (unpaired) electrons. The Bertz CT molecular complexity index is 439. The molecule has 5 heteroatoms. The van der Waals surface area contributed by atoms with Crippen molar-refractivity contribution in [1.29, 1.82) is 0 Å². The maximum atomic E-state index is 13.2. The quantitative estimate of drug-likeness (QED) is 0.798. The highest BCUT2D eigenvalue weighted by atomic mass is 19.1. The molecule has 0 amide bonds. The fourth-order valence-corrected chi connectivity index (χ4v) is 2.74. The van der Waals surface area contributed by atoms with Crippen LogP contribution in [-0.2, 0) is 6.54 Å². The Morgan fingerprint density at radius 3 is 2.74 bits per heavy atom. The summed E-state index contributed by atoms with van der Waals surface area (Å²) in [5.41, 5.74) is 1.06. The SMILES string of the molecule is CC(C)C1CCN(Cc2ccc(F)cc2B(O)O)C1. The van der Waals surface area contributed by atoms with E-state index < -0.39 is 12.9 Å². The summed E-state index contributed by atoms with van der Waals surface area (Å²) in [4.78, 5) is 2.30. The number of likely N-dealkylation sites (tertiary alicyclic amines) is 1. The van der Waals surface area contributed by atoms with Crippen LogP contribution < -0.4 is 5.46 Å². The summed E-state index contributed by atoms with van der Waals surface area (Å²) in [5, 5.41) is 18.6. The van der Waals surface area contributed by atoms with E-state index in [2.05, 4.69) is 18.7 Å². The van der Waals surface area contributed by atoms with Gasteiger partial charge in [0.15, 0.2) is 0 Å². The molecular weight excluding hydrogens is 244 g/mol. The minimum Gasteiger partial charge on any atom is -0.423 e. The first-order chi connectivity index (χ1) is 8.97. The molecule has 2 N–H and O–H groups in total. The first-order valence-electron chi connectivity index (χ1n) is 6.84. The van der Waals surface area contributed by atoms with Crippen molar-refractivity contribution in [3.8, 4) is 0 Å². The summed E-state index contributed by atoms with van der Waals surface area (Å²) in [6, 6.07) is 4.22. The molecule has 1 aromatic carbocycles. The summed E-state index contributed by atoms with van der Waals surface area (Å²) >= 11 is 0. The van der Waals surface area contributed by atoms with Crippen LogP contribution >= 0.6 is 0 Å². The van der Waals surface area contributed by atoms with Crippen LogP contribution in [0.2, 0.25) is 0 Å². The Labute approximate surface area is 114 Å². The molecule has 2 rings (SSSR count). The van der Waals surface area contributed by atoms with Crippen molar-refractivity contribution in [3.63, 3.8) is 0 Å². The van der Waals surface area contributed by atoms with Crippen molar-refractivity contribution in [3.05, 3.63) is 29.6 Å². The van der Waals surface area contributed by atoms with Crippen molar-refractivity contribution in [2.45, 2.75) is 26.8 Å². The number of halogens is 1. The molecule has 104 valence electrons. The molecule has 3 nitrogen and oxygen atoms in total. The maximum Gasteiger partial charge on any atom is 0.488 e. The van der Waals surface area contributed by atoms with Gasteiger partial charge in [0.1, 0.15) is 5.82 Å². The number of nitrogens with zero attached hydrogens (tertiary/aromatic N) is 1. The van der Waals surface area contributed by atoms with Gasteiger partial charge in [-0.25, -0.2) is 4.39 Å². The average Bonchev–Trinajstić information content (AvgIpc) is 2.80. The number of benzene rings is 1. The monoisotopic (exact) mass is 265 g/mol. The molecule has 1 aromatic rings. The lowest BCUT2D eigenvalue weighted by molar-refractivity contribution is 0.297. The number of hydrogen-bond donors (Lipinski definition) is 2. The van der Waals surface area contributed by atoms with Crippen LogP contribution in [0.4, 0.5) is 4.39 Å². The van der Waals surface area contributed by atoms with Gasteiger partial charge in [-0.05, 0) is 48.0 Å². The van der Waals surface area contributed by atoms with Gasteiger partial charge in [0.25, 0.3) is 0 Å². The second-order valence-corrected chi connectivity index (χ2v) is 5.74. The fourth-order valence-electron chi connectivity index (χ4n) is 2.74. The van der Waals surface area contributed by atoms with Crippen molar-refractivity contribution in [2.75, 3.05) is 13.1 Å². The lowest BCUT2D eigenvalue weighted by atomic mass is 9.77. The van der Waals surface area contributed by atoms with E-state index in [1.807, 2.05) is 0 Å². The van der Waals surface area contributed by atoms with Crippen LogP contribution in [0.3, 0.4) is 0 Å². The predicted molar refractivity (Wildman–Crippen MR) is 74.4 cm³/mol. The van der Waals surface area contributed by atoms with Gasteiger partial charge < -0.3 is 10.0 Å². The molecule has 1 atom stereocenters. The second-order valence-electron chi connectivity index (χ2n) is 5.74. The van der Waals surface area contributed by atoms with E-state index in [-0.39, 0.29) is 5.46 Å². The van der Waals surface area contributed by atoms with Gasteiger partial charge in [0.05, 0.1) is 0 Å². The van der Waals surface area contributed by atoms with Gasteiger partial charge in [-0.1, -0.05) is 19.9 Å². The standard InChI is InChI=1S/C14H21BFNO2/c1-10(2)11-5-6-17(8-11)9-12-3-4-13(16)7-14(12)15(18)19/h3-4,7,10-11,18-19H,5-6,8-9H2,1-2H3. The minimum atomic E-state index is -1.62. The molecule has 0 spiro atoms. The Hall–Kier alpha value is -0.905. The van der Waals surface area contributed by atoms with Crippen LogP contribution in [0, 0.1) is 17.7 Å². The lowest BCUT2D eigenvalue weighted by Crippen LogP contribution is -2.36. The first kappa shape index (κ1) is 14.5. The van der Waals surface area contributed by atoms with E-state index in [1.165, 1.54) is 18.6 Å². The topological polar surface area (TPSA) is 43.7 Å². The van der Waals surface area contributed by atoms with E-state index in [0.29, 0.717) is 18.4 Å². The summed E-state index contributed by atoms with van der Waals surface area (Å²) in [6.07, 6.45) is 1.18. The van der Waals surface area contributed by atoms with E-state index >= 15 is 0 Å². The molecule has 0 bridgehead atoms. The smallest absolute Gasteiger partial charge is 0.423 e. The zero-order valence-electron chi connectivity index (χ0n) is 11.5. The molecule has 1 saturated heterocycles. The third-order valence-corrected chi connectivity index (χ3v) is 4.03. The van der Waals surface area contributed by atoms with Crippen LogP contribution in [0.15, 0.2) is 18.2 Å². The first-order valence-corrected chi connectivity index (χ1v) is 6.84. The summed E-state index contributed by atoms with van der Waals surface area (Å²) in [6.45, 7) is 7.15. The van der Waals surface area contributed by atoms with Gasteiger partial charge >= 0.3 is 7.12 Å². The van der Waals surface area contributed by atoms with E-state index in [4.69, 9.17) is 0 Å². The molecule has 0 aliphatic carbocycles. The maximum absolute atomic E-state index is 13.2. The van der Waals surface area contributed by atoms with Crippen molar-refractivity contribution >= 4 is 12.6 Å².